The summed E-state index contributed by atoms with van der Waals surface area (Å²) in [4.78, 5) is 27.4. The Hall–Kier alpha value is -3.67. The number of hydrogen-bond donors (Lipinski definition) is 1. The minimum absolute atomic E-state index is 0.0729. The molecule has 1 aliphatic heterocycles. The van der Waals surface area contributed by atoms with Crippen LogP contribution in [0.5, 0.6) is 5.75 Å². The molecule has 2 amide bonds. The quantitative estimate of drug-likeness (QED) is 0.480. The zero-order chi connectivity index (χ0) is 24.9. The third-order valence-electron chi connectivity index (χ3n) is 6.14. The van der Waals surface area contributed by atoms with Crippen molar-refractivity contribution in [2.45, 2.75) is 39.7 Å². The van der Waals surface area contributed by atoms with Gasteiger partial charge in [-0.25, -0.2) is 4.39 Å². The molecule has 1 aliphatic rings. The molecule has 5 nitrogen and oxygen atoms in total. The van der Waals surface area contributed by atoms with Crippen LogP contribution in [0.2, 0.25) is 0 Å². The van der Waals surface area contributed by atoms with Gasteiger partial charge < -0.3 is 15.0 Å². The zero-order valence-electron chi connectivity index (χ0n) is 20.4. The number of nitrogens with one attached hydrogen (secondary N) is 1. The van der Waals surface area contributed by atoms with Crippen molar-refractivity contribution in [3.63, 3.8) is 0 Å². The minimum Gasteiger partial charge on any atom is -0.484 e. The molecule has 1 atom stereocenters. The van der Waals surface area contributed by atoms with Gasteiger partial charge in [-0.3, -0.25) is 9.59 Å². The van der Waals surface area contributed by atoms with E-state index in [1.165, 1.54) is 12.1 Å². The van der Waals surface area contributed by atoms with E-state index < -0.39 is 0 Å². The third kappa shape index (κ3) is 6.07. The van der Waals surface area contributed by atoms with Crippen LogP contribution in [0.25, 0.3) is 0 Å². The van der Waals surface area contributed by atoms with Crippen molar-refractivity contribution in [3.05, 3.63) is 94.8 Å². The number of carbonyl (C=O) groups excluding carboxylic acids is 2. The standard InChI is InChI=1S/C29H31FN2O3/c1-19(2)16-28(34)32-15-14-21-8-13-25(17-26(21)29(32)22-6-9-23(30)10-7-22)35-18-27(33)31-24-11-4-20(3)5-12-24/h4-13,17,19,29H,14-16,18H2,1-3H3,(H,31,33)/t29-/m0/s1. The van der Waals surface area contributed by atoms with E-state index in [1.807, 2.05) is 68.1 Å². The molecule has 0 unspecified atom stereocenters. The second-order valence-electron chi connectivity index (χ2n) is 9.45. The fourth-order valence-corrected chi connectivity index (χ4v) is 4.41. The van der Waals surface area contributed by atoms with E-state index in [4.69, 9.17) is 4.74 Å². The lowest BCUT2D eigenvalue weighted by Crippen LogP contribution is -2.41. The highest BCUT2D eigenvalue weighted by atomic mass is 19.1. The summed E-state index contributed by atoms with van der Waals surface area (Å²) in [5, 5.41) is 2.83. The number of aryl methyl sites for hydroxylation is 1. The molecule has 0 saturated heterocycles. The molecule has 6 heteroatoms. The lowest BCUT2D eigenvalue weighted by molar-refractivity contribution is -0.134. The molecule has 35 heavy (non-hydrogen) atoms. The molecule has 0 fully saturated rings. The van der Waals surface area contributed by atoms with Crippen molar-refractivity contribution in [2.75, 3.05) is 18.5 Å². The molecule has 0 spiro atoms. The molecule has 1 N–H and O–H groups in total. The highest BCUT2D eigenvalue weighted by Gasteiger charge is 2.32. The van der Waals surface area contributed by atoms with Crippen molar-refractivity contribution < 1.29 is 18.7 Å². The molecule has 4 rings (SSSR count). The Morgan fingerprint density at radius 3 is 2.46 bits per heavy atom. The lowest BCUT2D eigenvalue weighted by atomic mass is 9.87. The summed E-state index contributed by atoms with van der Waals surface area (Å²) in [6.45, 7) is 6.50. The first-order chi connectivity index (χ1) is 16.8. The molecule has 0 saturated carbocycles. The van der Waals surface area contributed by atoms with Gasteiger partial charge in [-0.05, 0) is 72.4 Å². The van der Waals surface area contributed by atoms with Crippen molar-refractivity contribution in [2.24, 2.45) is 5.92 Å². The van der Waals surface area contributed by atoms with E-state index in [0.29, 0.717) is 24.4 Å². The fraction of sp³-hybridized carbons (Fsp3) is 0.310. The van der Waals surface area contributed by atoms with Crippen LogP contribution < -0.4 is 10.1 Å². The second kappa shape index (κ2) is 10.7. The Labute approximate surface area is 205 Å². The summed E-state index contributed by atoms with van der Waals surface area (Å²) in [6.07, 6.45) is 1.17. The van der Waals surface area contributed by atoms with Crippen molar-refractivity contribution >= 4 is 17.5 Å². The van der Waals surface area contributed by atoms with E-state index in [9.17, 15) is 14.0 Å². The number of amides is 2. The molecule has 0 bridgehead atoms. The molecule has 0 aromatic heterocycles. The number of halogens is 1. The molecule has 0 aliphatic carbocycles. The summed E-state index contributed by atoms with van der Waals surface area (Å²) in [7, 11) is 0. The number of ether oxygens (including phenoxy) is 1. The Bertz CT molecular complexity index is 1190. The van der Waals surface area contributed by atoms with Gasteiger partial charge in [0.1, 0.15) is 11.6 Å². The van der Waals surface area contributed by atoms with Crippen LogP contribution in [0.3, 0.4) is 0 Å². The molecule has 1 heterocycles. The number of benzene rings is 3. The van der Waals surface area contributed by atoms with Crippen LogP contribution in [0.15, 0.2) is 66.7 Å². The SMILES string of the molecule is Cc1ccc(NC(=O)COc2ccc3c(c2)[C@H](c2ccc(F)cc2)N(C(=O)CC(C)C)CC3)cc1. The Morgan fingerprint density at radius 1 is 1.06 bits per heavy atom. The summed E-state index contributed by atoms with van der Waals surface area (Å²) >= 11 is 0. The van der Waals surface area contributed by atoms with Gasteiger partial charge in [0.05, 0.1) is 6.04 Å². The maximum atomic E-state index is 13.7. The smallest absolute Gasteiger partial charge is 0.262 e. The monoisotopic (exact) mass is 474 g/mol. The fourth-order valence-electron chi connectivity index (χ4n) is 4.41. The van der Waals surface area contributed by atoms with Crippen LogP contribution >= 0.6 is 0 Å². The topological polar surface area (TPSA) is 58.6 Å². The Balaban J connectivity index is 1.56. The van der Waals surface area contributed by atoms with Gasteiger partial charge in [-0.2, -0.15) is 0 Å². The van der Waals surface area contributed by atoms with Crippen molar-refractivity contribution in [1.82, 2.24) is 4.90 Å². The molecular weight excluding hydrogens is 443 g/mol. The minimum atomic E-state index is -0.337. The maximum absolute atomic E-state index is 13.7. The molecule has 3 aromatic rings. The highest BCUT2D eigenvalue weighted by molar-refractivity contribution is 5.91. The molecule has 3 aromatic carbocycles. The van der Waals surface area contributed by atoms with Gasteiger partial charge in [0, 0.05) is 18.7 Å². The van der Waals surface area contributed by atoms with E-state index in [-0.39, 0.29) is 36.2 Å². The van der Waals surface area contributed by atoms with Gasteiger partial charge in [-0.15, -0.1) is 0 Å². The summed E-state index contributed by atoms with van der Waals surface area (Å²) < 4.78 is 19.5. The third-order valence-corrected chi connectivity index (χ3v) is 6.14. The van der Waals surface area contributed by atoms with Gasteiger partial charge in [0.2, 0.25) is 5.91 Å². The zero-order valence-corrected chi connectivity index (χ0v) is 20.4. The normalized spacial score (nSPS) is 15.0. The van der Waals surface area contributed by atoms with Crippen LogP contribution in [0, 0.1) is 18.7 Å². The molecular formula is C29H31FN2O3. The van der Waals surface area contributed by atoms with Crippen LogP contribution in [-0.4, -0.2) is 29.9 Å². The Morgan fingerprint density at radius 2 is 1.77 bits per heavy atom. The van der Waals surface area contributed by atoms with Crippen molar-refractivity contribution in [3.8, 4) is 5.75 Å². The van der Waals surface area contributed by atoms with Crippen LogP contribution in [-0.2, 0) is 16.0 Å². The Kier molecular flexibility index (Phi) is 7.49. The number of hydrogen-bond acceptors (Lipinski definition) is 3. The number of rotatable bonds is 7. The van der Waals surface area contributed by atoms with Crippen LogP contribution in [0.4, 0.5) is 10.1 Å². The maximum Gasteiger partial charge on any atom is 0.262 e. The molecule has 0 radical (unpaired) electrons. The summed E-state index contributed by atoms with van der Waals surface area (Å²) in [5.41, 5.74) is 4.73. The van der Waals surface area contributed by atoms with Gasteiger partial charge >= 0.3 is 0 Å². The van der Waals surface area contributed by atoms with E-state index in [0.717, 1.165) is 28.7 Å². The van der Waals surface area contributed by atoms with Gasteiger partial charge in [0.25, 0.3) is 5.91 Å². The number of carbonyl (C=O) groups is 2. The van der Waals surface area contributed by atoms with Crippen LogP contribution in [0.1, 0.15) is 48.6 Å². The number of anilines is 1. The largest absolute Gasteiger partial charge is 0.484 e. The van der Waals surface area contributed by atoms with E-state index in [2.05, 4.69) is 5.32 Å². The average Bonchev–Trinajstić information content (AvgIpc) is 2.83. The lowest BCUT2D eigenvalue weighted by Gasteiger charge is -2.38. The van der Waals surface area contributed by atoms with Gasteiger partial charge in [0.15, 0.2) is 6.61 Å². The second-order valence-corrected chi connectivity index (χ2v) is 9.45. The average molecular weight is 475 g/mol. The first-order valence-corrected chi connectivity index (χ1v) is 12.0. The van der Waals surface area contributed by atoms with Gasteiger partial charge in [-0.1, -0.05) is 49.7 Å². The predicted octanol–water partition coefficient (Wildman–Crippen LogP) is 5.67. The highest BCUT2D eigenvalue weighted by Crippen LogP contribution is 2.38. The predicted molar refractivity (Wildman–Crippen MR) is 135 cm³/mol. The van der Waals surface area contributed by atoms with E-state index in [1.54, 1.807) is 12.1 Å². The first-order valence-electron chi connectivity index (χ1n) is 12.0. The molecule has 182 valence electrons. The first kappa shape index (κ1) is 24.5. The van der Waals surface area contributed by atoms with Crippen molar-refractivity contribution in [1.29, 1.82) is 0 Å². The number of fused-ring (bicyclic) bond motifs is 1. The summed E-state index contributed by atoms with van der Waals surface area (Å²) in [5.74, 6) is 0.285. The van der Waals surface area contributed by atoms with E-state index >= 15 is 0 Å². The summed E-state index contributed by atoms with van der Waals surface area (Å²) in [6, 6.07) is 19.3. The number of nitrogens with zero attached hydrogens (tertiary/aromatic N) is 1.